The van der Waals surface area contributed by atoms with Crippen LogP contribution in [0, 0.1) is 0 Å². The van der Waals surface area contributed by atoms with E-state index < -0.39 is 16.1 Å². The van der Waals surface area contributed by atoms with Gasteiger partial charge >= 0.3 is 0 Å². The largest absolute Gasteiger partial charge is 0.497 e. The SMILES string of the molecule is COc1cccc(OCC(O)CN(c2ccccc2OC)S(=O)(=O)c2ccccc2)c1. The number of para-hydroxylation sites is 2. The molecule has 3 aromatic carbocycles. The number of hydrogen-bond donors (Lipinski definition) is 1. The van der Waals surface area contributed by atoms with E-state index in [1.165, 1.54) is 19.2 Å². The maximum atomic E-state index is 13.4. The molecule has 0 heterocycles. The molecular formula is C23H25NO6S. The van der Waals surface area contributed by atoms with Crippen molar-refractivity contribution in [3.8, 4) is 17.2 Å². The number of rotatable bonds is 10. The first-order chi connectivity index (χ1) is 15.0. The molecule has 0 saturated carbocycles. The molecule has 1 N–H and O–H groups in total. The molecule has 0 aliphatic carbocycles. The minimum Gasteiger partial charge on any atom is -0.497 e. The molecule has 3 aromatic rings. The summed E-state index contributed by atoms with van der Waals surface area (Å²) in [6.45, 7) is -0.329. The molecule has 31 heavy (non-hydrogen) atoms. The molecule has 8 heteroatoms. The molecule has 0 radical (unpaired) electrons. The van der Waals surface area contributed by atoms with Crippen LogP contribution in [0.25, 0.3) is 0 Å². The lowest BCUT2D eigenvalue weighted by Gasteiger charge is -2.28. The number of hydrogen-bond acceptors (Lipinski definition) is 6. The minimum absolute atomic E-state index is 0.108. The summed E-state index contributed by atoms with van der Waals surface area (Å²) in [5, 5.41) is 10.6. The Morgan fingerprint density at radius 3 is 2.26 bits per heavy atom. The van der Waals surface area contributed by atoms with Gasteiger partial charge in [0.25, 0.3) is 10.0 Å². The summed E-state index contributed by atoms with van der Waals surface area (Å²) >= 11 is 0. The molecule has 1 unspecified atom stereocenters. The number of benzene rings is 3. The van der Waals surface area contributed by atoms with E-state index in [9.17, 15) is 13.5 Å². The summed E-state index contributed by atoms with van der Waals surface area (Å²) in [4.78, 5) is 0.113. The zero-order valence-corrected chi connectivity index (χ0v) is 18.2. The van der Waals surface area contributed by atoms with E-state index >= 15 is 0 Å². The second-order valence-corrected chi connectivity index (χ2v) is 8.53. The Labute approximate surface area is 182 Å². The smallest absolute Gasteiger partial charge is 0.264 e. The fourth-order valence-corrected chi connectivity index (χ4v) is 4.54. The van der Waals surface area contributed by atoms with E-state index in [2.05, 4.69) is 0 Å². The second-order valence-electron chi connectivity index (χ2n) is 6.66. The highest BCUT2D eigenvalue weighted by Gasteiger charge is 2.29. The first kappa shape index (κ1) is 22.5. The number of anilines is 1. The monoisotopic (exact) mass is 443 g/mol. The Morgan fingerprint density at radius 1 is 0.871 bits per heavy atom. The fraction of sp³-hybridized carbons (Fsp3) is 0.217. The van der Waals surface area contributed by atoms with Crippen molar-refractivity contribution in [2.45, 2.75) is 11.0 Å². The molecule has 0 spiro atoms. The van der Waals surface area contributed by atoms with Crippen LogP contribution in [-0.4, -0.2) is 47.0 Å². The van der Waals surface area contributed by atoms with Gasteiger partial charge in [0, 0.05) is 6.07 Å². The molecule has 3 rings (SSSR count). The van der Waals surface area contributed by atoms with Gasteiger partial charge in [-0.15, -0.1) is 0 Å². The van der Waals surface area contributed by atoms with Gasteiger partial charge in [-0.3, -0.25) is 4.31 Å². The Morgan fingerprint density at radius 2 is 1.55 bits per heavy atom. The van der Waals surface area contributed by atoms with Gasteiger partial charge in [-0.25, -0.2) is 8.42 Å². The van der Waals surface area contributed by atoms with Crippen molar-refractivity contribution in [2.24, 2.45) is 0 Å². The lowest BCUT2D eigenvalue weighted by molar-refractivity contribution is 0.114. The van der Waals surface area contributed by atoms with E-state index in [-0.39, 0.29) is 18.0 Å². The highest BCUT2D eigenvalue weighted by Crippen LogP contribution is 2.32. The van der Waals surface area contributed by atoms with Gasteiger partial charge < -0.3 is 19.3 Å². The van der Waals surface area contributed by atoms with E-state index in [1.54, 1.807) is 73.8 Å². The number of ether oxygens (including phenoxy) is 3. The van der Waals surface area contributed by atoms with E-state index in [1.807, 2.05) is 0 Å². The lowest BCUT2D eigenvalue weighted by Crippen LogP contribution is -2.40. The van der Waals surface area contributed by atoms with Gasteiger partial charge in [0.2, 0.25) is 0 Å². The van der Waals surface area contributed by atoms with Crippen LogP contribution in [0.4, 0.5) is 5.69 Å². The zero-order valence-electron chi connectivity index (χ0n) is 17.3. The Bertz CT molecular complexity index is 1090. The highest BCUT2D eigenvalue weighted by molar-refractivity contribution is 7.92. The molecular weight excluding hydrogens is 418 g/mol. The van der Waals surface area contributed by atoms with Crippen molar-refractivity contribution in [1.29, 1.82) is 0 Å². The van der Waals surface area contributed by atoms with Gasteiger partial charge in [-0.1, -0.05) is 36.4 Å². The standard InChI is InChI=1S/C23H25NO6S/c1-28-19-9-8-10-20(15-19)30-17-18(25)16-24(22-13-6-7-14-23(22)29-2)31(26,27)21-11-4-3-5-12-21/h3-15,18,25H,16-17H2,1-2H3. The van der Waals surface area contributed by atoms with Crippen molar-refractivity contribution in [3.63, 3.8) is 0 Å². The van der Waals surface area contributed by atoms with Gasteiger partial charge in [0.1, 0.15) is 30.0 Å². The molecule has 1 atom stereocenters. The fourth-order valence-electron chi connectivity index (χ4n) is 3.01. The molecule has 0 aliphatic heterocycles. The maximum absolute atomic E-state index is 13.4. The molecule has 0 amide bonds. The normalized spacial score (nSPS) is 12.1. The third-order valence-electron chi connectivity index (χ3n) is 4.55. The Kier molecular flexibility index (Phi) is 7.38. The predicted molar refractivity (Wildman–Crippen MR) is 118 cm³/mol. The van der Waals surface area contributed by atoms with Crippen LogP contribution in [0.5, 0.6) is 17.2 Å². The molecule has 164 valence electrons. The van der Waals surface area contributed by atoms with Gasteiger partial charge in [-0.2, -0.15) is 0 Å². The van der Waals surface area contributed by atoms with Crippen LogP contribution < -0.4 is 18.5 Å². The van der Waals surface area contributed by atoms with Crippen LogP contribution in [0.2, 0.25) is 0 Å². The molecule has 7 nitrogen and oxygen atoms in total. The van der Waals surface area contributed by atoms with Crippen LogP contribution >= 0.6 is 0 Å². The second kappa shape index (κ2) is 10.2. The summed E-state index contributed by atoms with van der Waals surface area (Å²) < 4.78 is 44.1. The summed E-state index contributed by atoms with van der Waals surface area (Å²) in [5.74, 6) is 1.50. The first-order valence-electron chi connectivity index (χ1n) is 9.61. The highest BCUT2D eigenvalue weighted by atomic mass is 32.2. The van der Waals surface area contributed by atoms with Crippen LogP contribution in [0.15, 0.2) is 83.8 Å². The number of methoxy groups -OCH3 is 2. The number of sulfonamides is 1. The third kappa shape index (κ3) is 5.48. The van der Waals surface area contributed by atoms with Crippen molar-refractivity contribution in [2.75, 3.05) is 31.7 Å². The predicted octanol–water partition coefficient (Wildman–Crippen LogP) is 3.34. The molecule has 0 aromatic heterocycles. The number of nitrogens with zero attached hydrogens (tertiary/aromatic N) is 1. The van der Waals surface area contributed by atoms with E-state index in [0.29, 0.717) is 22.9 Å². The van der Waals surface area contributed by atoms with Crippen molar-refractivity contribution in [1.82, 2.24) is 0 Å². The van der Waals surface area contributed by atoms with Gasteiger partial charge in [0.05, 0.1) is 31.3 Å². The van der Waals surface area contributed by atoms with E-state index in [0.717, 1.165) is 4.31 Å². The molecule has 0 saturated heterocycles. The zero-order chi connectivity index (χ0) is 22.3. The maximum Gasteiger partial charge on any atom is 0.264 e. The average Bonchev–Trinajstić information content (AvgIpc) is 2.81. The summed E-state index contributed by atoms with van der Waals surface area (Å²) in [6.07, 6.45) is -1.10. The Hall–Kier alpha value is -3.23. The van der Waals surface area contributed by atoms with Gasteiger partial charge in [0.15, 0.2) is 0 Å². The van der Waals surface area contributed by atoms with Crippen LogP contribution in [0.3, 0.4) is 0 Å². The van der Waals surface area contributed by atoms with Crippen LogP contribution in [-0.2, 0) is 10.0 Å². The summed E-state index contributed by atoms with van der Waals surface area (Å²) in [6, 6.07) is 21.8. The topological polar surface area (TPSA) is 85.3 Å². The van der Waals surface area contributed by atoms with Crippen LogP contribution in [0.1, 0.15) is 0 Å². The lowest BCUT2D eigenvalue weighted by atomic mass is 10.2. The van der Waals surface area contributed by atoms with Crippen molar-refractivity contribution >= 4 is 15.7 Å². The van der Waals surface area contributed by atoms with Crippen molar-refractivity contribution < 1.29 is 27.7 Å². The number of aliphatic hydroxyl groups excluding tert-OH is 1. The average molecular weight is 444 g/mol. The quantitative estimate of drug-likeness (QED) is 0.517. The number of aliphatic hydroxyl groups is 1. The summed E-state index contributed by atoms with van der Waals surface area (Å²) in [5.41, 5.74) is 0.328. The van der Waals surface area contributed by atoms with E-state index in [4.69, 9.17) is 14.2 Å². The third-order valence-corrected chi connectivity index (χ3v) is 6.34. The minimum atomic E-state index is -3.96. The molecule has 0 aliphatic rings. The molecule has 0 bridgehead atoms. The molecule has 0 fully saturated rings. The van der Waals surface area contributed by atoms with Crippen molar-refractivity contribution in [3.05, 3.63) is 78.9 Å². The Balaban J connectivity index is 1.86. The first-order valence-corrected chi connectivity index (χ1v) is 11.1. The summed E-state index contributed by atoms with van der Waals surface area (Å²) in [7, 11) is -0.942. The van der Waals surface area contributed by atoms with Gasteiger partial charge in [-0.05, 0) is 36.4 Å².